The number of rotatable bonds is 3. The van der Waals surface area contributed by atoms with Crippen LogP contribution >= 0.6 is 11.6 Å². The molecule has 1 amide bonds. The van der Waals surface area contributed by atoms with Crippen molar-refractivity contribution in [2.75, 3.05) is 13.6 Å². The number of hydrazone groups is 1. The number of halogens is 1. The topological polar surface area (TPSA) is 44.7 Å². The maximum absolute atomic E-state index is 12.0. The van der Waals surface area contributed by atoms with Crippen LogP contribution in [0.5, 0.6) is 0 Å². The maximum Gasteiger partial charge on any atom is 0.257 e. The van der Waals surface area contributed by atoms with Crippen molar-refractivity contribution < 1.29 is 4.79 Å². The summed E-state index contributed by atoms with van der Waals surface area (Å²) in [6, 6.07) is 7.31. The number of carbonyl (C=O) groups is 1. The zero-order valence-corrected chi connectivity index (χ0v) is 11.7. The smallest absolute Gasteiger partial charge is 0.257 e. The summed E-state index contributed by atoms with van der Waals surface area (Å²) in [4.78, 5) is 14.1. The third-order valence-electron chi connectivity index (χ3n) is 3.36. The summed E-state index contributed by atoms with van der Waals surface area (Å²) in [6.07, 6.45) is 4.72. The number of piperidine rings is 1. The van der Waals surface area contributed by atoms with Gasteiger partial charge in [-0.1, -0.05) is 36.2 Å². The Labute approximate surface area is 118 Å². The van der Waals surface area contributed by atoms with Crippen LogP contribution in [-0.4, -0.2) is 36.7 Å². The summed E-state index contributed by atoms with van der Waals surface area (Å²) in [5, 5.41) is 4.60. The zero-order chi connectivity index (χ0) is 13.7. The first-order valence-corrected chi connectivity index (χ1v) is 6.84. The van der Waals surface area contributed by atoms with E-state index in [1.54, 1.807) is 12.3 Å². The van der Waals surface area contributed by atoms with E-state index in [0.717, 1.165) is 31.4 Å². The second-order valence-corrected chi connectivity index (χ2v) is 5.16. The number of benzene rings is 1. The Morgan fingerprint density at radius 3 is 3.00 bits per heavy atom. The van der Waals surface area contributed by atoms with Crippen LogP contribution in [0, 0.1) is 0 Å². The molecule has 1 aliphatic heterocycles. The van der Waals surface area contributed by atoms with E-state index in [1.165, 1.54) is 0 Å². The predicted molar refractivity (Wildman–Crippen MR) is 77.5 cm³/mol. The molecule has 0 radical (unpaired) electrons. The number of carbonyl (C=O) groups excluding carboxylic acids is 1. The van der Waals surface area contributed by atoms with Crippen molar-refractivity contribution in [2.24, 2.45) is 5.10 Å². The molecule has 0 aliphatic carbocycles. The maximum atomic E-state index is 12.0. The zero-order valence-electron chi connectivity index (χ0n) is 11.0. The average Bonchev–Trinajstić information content (AvgIpc) is 2.41. The van der Waals surface area contributed by atoms with Gasteiger partial charge in [0.15, 0.2) is 0 Å². The standard InChI is InChI=1S/C14H18ClN3O/c1-18-9-5-4-8-13(18)14(19)17-16-10-11-6-2-3-7-12(11)15/h2-3,6-7,10,13H,4-5,8-9H2,1H3,(H,17,19)/b16-10+. The molecule has 0 aromatic heterocycles. The first-order chi connectivity index (χ1) is 9.18. The lowest BCUT2D eigenvalue weighted by molar-refractivity contribution is -0.126. The highest BCUT2D eigenvalue weighted by molar-refractivity contribution is 6.33. The molecule has 1 heterocycles. The molecule has 1 fully saturated rings. The minimum absolute atomic E-state index is 0.0505. The van der Waals surface area contributed by atoms with Gasteiger partial charge in [0.05, 0.1) is 12.3 Å². The molecule has 0 saturated carbocycles. The summed E-state index contributed by atoms with van der Waals surface area (Å²) in [5.74, 6) is -0.0505. The number of nitrogens with one attached hydrogen (secondary N) is 1. The van der Waals surface area contributed by atoms with Crippen LogP contribution in [0.1, 0.15) is 24.8 Å². The second kappa shape index (κ2) is 6.68. The Morgan fingerprint density at radius 1 is 1.47 bits per heavy atom. The van der Waals surface area contributed by atoms with Crippen LogP contribution in [0.3, 0.4) is 0 Å². The number of nitrogens with zero attached hydrogens (tertiary/aromatic N) is 2. The van der Waals surface area contributed by atoms with Gasteiger partial charge in [0.1, 0.15) is 0 Å². The third-order valence-corrected chi connectivity index (χ3v) is 3.70. The minimum Gasteiger partial charge on any atom is -0.295 e. The molecule has 4 nitrogen and oxygen atoms in total. The van der Waals surface area contributed by atoms with E-state index in [2.05, 4.69) is 15.4 Å². The second-order valence-electron chi connectivity index (χ2n) is 4.75. The van der Waals surface area contributed by atoms with Gasteiger partial charge < -0.3 is 0 Å². The molecular weight excluding hydrogens is 262 g/mol. The monoisotopic (exact) mass is 279 g/mol. The van der Waals surface area contributed by atoms with E-state index in [-0.39, 0.29) is 11.9 Å². The van der Waals surface area contributed by atoms with Crippen molar-refractivity contribution in [1.82, 2.24) is 10.3 Å². The first kappa shape index (κ1) is 14.0. The van der Waals surface area contributed by atoms with Gasteiger partial charge in [-0.25, -0.2) is 5.43 Å². The SMILES string of the molecule is CN1CCCCC1C(=O)N/N=C/c1ccccc1Cl. The molecule has 1 saturated heterocycles. The van der Waals surface area contributed by atoms with Gasteiger partial charge >= 0.3 is 0 Å². The average molecular weight is 280 g/mol. The number of likely N-dealkylation sites (N-methyl/N-ethyl adjacent to an activating group) is 1. The van der Waals surface area contributed by atoms with Crippen molar-refractivity contribution in [3.05, 3.63) is 34.9 Å². The van der Waals surface area contributed by atoms with Crippen LogP contribution in [0.4, 0.5) is 0 Å². The Balaban J connectivity index is 1.91. The van der Waals surface area contributed by atoms with Crippen LogP contribution in [0.15, 0.2) is 29.4 Å². The summed E-state index contributed by atoms with van der Waals surface area (Å²) in [6.45, 7) is 0.965. The van der Waals surface area contributed by atoms with Gasteiger partial charge in [0, 0.05) is 10.6 Å². The normalized spacial score (nSPS) is 20.6. The molecule has 1 unspecified atom stereocenters. The van der Waals surface area contributed by atoms with Crippen LogP contribution in [-0.2, 0) is 4.79 Å². The number of hydrogen-bond acceptors (Lipinski definition) is 3. The first-order valence-electron chi connectivity index (χ1n) is 6.46. The van der Waals surface area contributed by atoms with E-state index in [0.29, 0.717) is 5.02 Å². The fraction of sp³-hybridized carbons (Fsp3) is 0.429. The molecule has 5 heteroatoms. The number of amides is 1. The van der Waals surface area contributed by atoms with Gasteiger partial charge in [-0.3, -0.25) is 9.69 Å². The largest absolute Gasteiger partial charge is 0.295 e. The number of likely N-dealkylation sites (tertiary alicyclic amines) is 1. The highest BCUT2D eigenvalue weighted by Gasteiger charge is 2.25. The van der Waals surface area contributed by atoms with E-state index in [9.17, 15) is 4.79 Å². The van der Waals surface area contributed by atoms with Gasteiger partial charge in [-0.2, -0.15) is 5.10 Å². The lowest BCUT2D eigenvalue weighted by Gasteiger charge is -2.30. The van der Waals surface area contributed by atoms with Crippen LogP contribution < -0.4 is 5.43 Å². The third kappa shape index (κ3) is 3.78. The van der Waals surface area contributed by atoms with Crippen molar-refractivity contribution in [3.63, 3.8) is 0 Å². The van der Waals surface area contributed by atoms with E-state index in [4.69, 9.17) is 11.6 Å². The van der Waals surface area contributed by atoms with Crippen molar-refractivity contribution in [3.8, 4) is 0 Å². The molecule has 1 aromatic rings. The number of hydrogen-bond donors (Lipinski definition) is 1. The van der Waals surface area contributed by atoms with Gasteiger partial charge in [-0.05, 0) is 32.5 Å². The molecule has 1 N–H and O–H groups in total. The summed E-state index contributed by atoms with van der Waals surface area (Å²) in [5.41, 5.74) is 3.38. The van der Waals surface area contributed by atoms with E-state index < -0.39 is 0 Å². The lowest BCUT2D eigenvalue weighted by Crippen LogP contribution is -2.46. The Morgan fingerprint density at radius 2 is 2.26 bits per heavy atom. The molecule has 0 spiro atoms. The predicted octanol–water partition coefficient (Wildman–Crippen LogP) is 2.27. The fourth-order valence-corrected chi connectivity index (χ4v) is 2.41. The van der Waals surface area contributed by atoms with Crippen molar-refractivity contribution in [1.29, 1.82) is 0 Å². The highest BCUT2D eigenvalue weighted by atomic mass is 35.5. The molecular formula is C14H18ClN3O. The quantitative estimate of drug-likeness (QED) is 0.681. The molecule has 1 atom stereocenters. The van der Waals surface area contributed by atoms with Crippen molar-refractivity contribution in [2.45, 2.75) is 25.3 Å². The van der Waals surface area contributed by atoms with Crippen molar-refractivity contribution >= 4 is 23.7 Å². The molecule has 1 aliphatic rings. The van der Waals surface area contributed by atoms with Crippen LogP contribution in [0.25, 0.3) is 0 Å². The molecule has 102 valence electrons. The van der Waals surface area contributed by atoms with E-state index in [1.807, 2.05) is 25.2 Å². The van der Waals surface area contributed by atoms with Gasteiger partial charge in [-0.15, -0.1) is 0 Å². The summed E-state index contributed by atoms with van der Waals surface area (Å²) >= 11 is 6.00. The Hall–Kier alpha value is -1.39. The fourth-order valence-electron chi connectivity index (χ4n) is 2.23. The highest BCUT2D eigenvalue weighted by Crippen LogP contribution is 2.15. The summed E-state index contributed by atoms with van der Waals surface area (Å²) < 4.78 is 0. The van der Waals surface area contributed by atoms with Gasteiger partial charge in [0.2, 0.25) is 0 Å². The van der Waals surface area contributed by atoms with Gasteiger partial charge in [0.25, 0.3) is 5.91 Å². The molecule has 19 heavy (non-hydrogen) atoms. The lowest BCUT2D eigenvalue weighted by atomic mass is 10.0. The van der Waals surface area contributed by atoms with E-state index >= 15 is 0 Å². The Bertz CT molecular complexity index is 476. The molecule has 2 rings (SSSR count). The Kier molecular flexibility index (Phi) is 4.93. The molecule has 1 aromatic carbocycles. The van der Waals surface area contributed by atoms with Crippen LogP contribution in [0.2, 0.25) is 5.02 Å². The minimum atomic E-state index is -0.0721. The molecule has 0 bridgehead atoms. The summed E-state index contributed by atoms with van der Waals surface area (Å²) in [7, 11) is 1.97.